The summed E-state index contributed by atoms with van der Waals surface area (Å²) >= 11 is 0. The molecule has 0 aliphatic carbocycles. The van der Waals surface area contributed by atoms with Gasteiger partial charge >= 0.3 is 6.09 Å². The Balaban J connectivity index is 1.35. The zero-order chi connectivity index (χ0) is 15.8. The largest absolute Gasteiger partial charge is 0.447 e. The summed E-state index contributed by atoms with van der Waals surface area (Å²) in [6.45, 7) is 4.40. The Morgan fingerprint density at radius 1 is 1.17 bits per heavy atom. The molecule has 6 heteroatoms. The van der Waals surface area contributed by atoms with Crippen LogP contribution in [0.15, 0.2) is 24.3 Å². The smallest absolute Gasteiger partial charge is 0.410 e. The SMILES string of the molecule is O=C(CN1CCc2ccccc2C1)N1CCN2C(=O)OCC2C1. The maximum absolute atomic E-state index is 12.6. The molecule has 23 heavy (non-hydrogen) atoms. The van der Waals surface area contributed by atoms with Crippen molar-refractivity contribution in [2.24, 2.45) is 0 Å². The number of hydrogen-bond donors (Lipinski definition) is 0. The van der Waals surface area contributed by atoms with Gasteiger partial charge < -0.3 is 9.64 Å². The molecule has 1 unspecified atom stereocenters. The topological polar surface area (TPSA) is 53.1 Å². The van der Waals surface area contributed by atoms with Gasteiger partial charge in [-0.15, -0.1) is 0 Å². The van der Waals surface area contributed by atoms with E-state index >= 15 is 0 Å². The van der Waals surface area contributed by atoms with Crippen molar-refractivity contribution in [3.63, 3.8) is 0 Å². The number of hydrogen-bond acceptors (Lipinski definition) is 4. The van der Waals surface area contributed by atoms with Crippen LogP contribution in [0.25, 0.3) is 0 Å². The van der Waals surface area contributed by atoms with Gasteiger partial charge in [0, 0.05) is 32.7 Å². The molecule has 1 atom stereocenters. The quantitative estimate of drug-likeness (QED) is 0.806. The van der Waals surface area contributed by atoms with Crippen LogP contribution in [0.3, 0.4) is 0 Å². The third kappa shape index (κ3) is 2.79. The molecule has 2 fully saturated rings. The molecule has 0 aromatic heterocycles. The zero-order valence-electron chi connectivity index (χ0n) is 13.1. The molecule has 3 aliphatic rings. The van der Waals surface area contributed by atoms with Crippen LogP contribution in [-0.2, 0) is 22.5 Å². The lowest BCUT2D eigenvalue weighted by atomic mass is 10.00. The maximum atomic E-state index is 12.6. The van der Waals surface area contributed by atoms with Crippen LogP contribution >= 0.6 is 0 Å². The van der Waals surface area contributed by atoms with Gasteiger partial charge in [0.25, 0.3) is 0 Å². The van der Waals surface area contributed by atoms with Crippen LogP contribution in [-0.4, -0.2) is 72.1 Å². The van der Waals surface area contributed by atoms with E-state index in [0.717, 1.165) is 19.5 Å². The Hall–Kier alpha value is -2.08. The van der Waals surface area contributed by atoms with E-state index in [0.29, 0.717) is 32.8 Å². The lowest BCUT2D eigenvalue weighted by Crippen LogP contribution is -2.55. The Morgan fingerprint density at radius 2 is 2.00 bits per heavy atom. The van der Waals surface area contributed by atoms with E-state index in [1.807, 2.05) is 4.90 Å². The molecule has 122 valence electrons. The van der Waals surface area contributed by atoms with E-state index in [1.54, 1.807) is 4.90 Å². The van der Waals surface area contributed by atoms with Crippen molar-refractivity contribution in [1.82, 2.24) is 14.7 Å². The molecule has 0 N–H and O–H groups in total. The molecule has 0 spiro atoms. The number of ether oxygens (including phenoxy) is 1. The van der Waals surface area contributed by atoms with Gasteiger partial charge in [0.1, 0.15) is 6.61 Å². The van der Waals surface area contributed by atoms with Crippen molar-refractivity contribution in [2.75, 3.05) is 39.3 Å². The first-order chi connectivity index (χ1) is 11.2. The molecule has 0 bridgehead atoms. The fraction of sp³-hybridized carbons (Fsp3) is 0.529. The van der Waals surface area contributed by atoms with E-state index in [2.05, 4.69) is 29.2 Å². The fourth-order valence-corrected chi connectivity index (χ4v) is 3.70. The van der Waals surface area contributed by atoms with Crippen molar-refractivity contribution in [2.45, 2.75) is 19.0 Å². The van der Waals surface area contributed by atoms with Gasteiger partial charge in [-0.1, -0.05) is 24.3 Å². The minimum Gasteiger partial charge on any atom is -0.447 e. The lowest BCUT2D eigenvalue weighted by Gasteiger charge is -2.37. The number of carbonyl (C=O) groups excluding carboxylic acids is 2. The van der Waals surface area contributed by atoms with Gasteiger partial charge in [0.15, 0.2) is 0 Å². The number of carbonyl (C=O) groups is 2. The zero-order valence-corrected chi connectivity index (χ0v) is 13.1. The van der Waals surface area contributed by atoms with Gasteiger partial charge in [0.2, 0.25) is 5.91 Å². The van der Waals surface area contributed by atoms with Crippen LogP contribution < -0.4 is 0 Å². The minimum absolute atomic E-state index is 0.0299. The van der Waals surface area contributed by atoms with E-state index < -0.39 is 0 Å². The number of fused-ring (bicyclic) bond motifs is 2. The Kier molecular flexibility index (Phi) is 3.69. The Morgan fingerprint density at radius 3 is 2.87 bits per heavy atom. The predicted molar refractivity (Wildman–Crippen MR) is 83.8 cm³/mol. The van der Waals surface area contributed by atoms with Crippen molar-refractivity contribution < 1.29 is 14.3 Å². The molecule has 0 saturated carbocycles. The molecular formula is C17H21N3O3. The monoisotopic (exact) mass is 315 g/mol. The summed E-state index contributed by atoms with van der Waals surface area (Å²) in [4.78, 5) is 29.9. The van der Waals surface area contributed by atoms with E-state index in [4.69, 9.17) is 4.74 Å². The highest BCUT2D eigenvalue weighted by Gasteiger charge is 2.38. The molecular weight excluding hydrogens is 294 g/mol. The number of rotatable bonds is 2. The number of benzene rings is 1. The highest BCUT2D eigenvalue weighted by Crippen LogP contribution is 2.20. The van der Waals surface area contributed by atoms with Gasteiger partial charge in [-0.2, -0.15) is 0 Å². The maximum Gasteiger partial charge on any atom is 0.410 e. The van der Waals surface area contributed by atoms with Crippen LogP contribution in [0.1, 0.15) is 11.1 Å². The third-order valence-corrected chi connectivity index (χ3v) is 5.04. The summed E-state index contributed by atoms with van der Waals surface area (Å²) in [5.41, 5.74) is 2.72. The highest BCUT2D eigenvalue weighted by atomic mass is 16.6. The molecule has 1 aromatic carbocycles. The number of nitrogens with zero attached hydrogens (tertiary/aromatic N) is 3. The summed E-state index contributed by atoms with van der Waals surface area (Å²) in [5, 5.41) is 0. The molecule has 1 aromatic rings. The first-order valence-corrected chi connectivity index (χ1v) is 8.21. The van der Waals surface area contributed by atoms with Crippen molar-refractivity contribution in [3.05, 3.63) is 35.4 Å². The molecule has 0 radical (unpaired) electrons. The van der Waals surface area contributed by atoms with Crippen LogP contribution in [0.5, 0.6) is 0 Å². The number of amides is 2. The van der Waals surface area contributed by atoms with E-state index in [9.17, 15) is 9.59 Å². The Labute approximate surface area is 135 Å². The standard InChI is InChI=1S/C17H21N3O3/c21-16(19-7-8-20-15(10-19)12-23-17(20)22)11-18-6-5-13-3-1-2-4-14(13)9-18/h1-4,15H,5-12H2. The van der Waals surface area contributed by atoms with Gasteiger partial charge in [0.05, 0.1) is 12.6 Å². The van der Waals surface area contributed by atoms with Crippen molar-refractivity contribution in [1.29, 1.82) is 0 Å². The number of cyclic esters (lactones) is 1. The van der Waals surface area contributed by atoms with Gasteiger partial charge in [-0.3, -0.25) is 14.6 Å². The first-order valence-electron chi connectivity index (χ1n) is 8.21. The average molecular weight is 315 g/mol. The summed E-state index contributed by atoms with van der Waals surface area (Å²) in [5.74, 6) is 0.156. The molecule has 3 heterocycles. The van der Waals surface area contributed by atoms with Gasteiger partial charge in [-0.05, 0) is 17.5 Å². The van der Waals surface area contributed by atoms with Crippen molar-refractivity contribution >= 4 is 12.0 Å². The van der Waals surface area contributed by atoms with Crippen LogP contribution in [0.4, 0.5) is 4.79 Å². The lowest BCUT2D eigenvalue weighted by molar-refractivity contribution is -0.134. The van der Waals surface area contributed by atoms with Crippen LogP contribution in [0, 0.1) is 0 Å². The first kappa shape index (κ1) is 14.5. The summed E-state index contributed by atoms with van der Waals surface area (Å²) in [6.07, 6.45) is 0.761. The number of piperazine rings is 1. The fourth-order valence-electron chi connectivity index (χ4n) is 3.70. The Bertz CT molecular complexity index is 633. The molecule has 2 amide bonds. The molecule has 4 rings (SSSR count). The predicted octanol–water partition coefficient (Wildman–Crippen LogP) is 0.708. The molecule has 6 nitrogen and oxygen atoms in total. The molecule has 2 saturated heterocycles. The van der Waals surface area contributed by atoms with E-state index in [-0.39, 0.29) is 18.0 Å². The normalized spacial score (nSPS) is 24.2. The van der Waals surface area contributed by atoms with E-state index in [1.165, 1.54) is 11.1 Å². The molecule has 3 aliphatic heterocycles. The second kappa shape index (κ2) is 5.85. The summed E-state index contributed by atoms with van der Waals surface area (Å²) in [7, 11) is 0. The second-order valence-electron chi connectivity index (χ2n) is 6.49. The van der Waals surface area contributed by atoms with Gasteiger partial charge in [-0.25, -0.2) is 4.79 Å². The summed E-state index contributed by atoms with van der Waals surface area (Å²) < 4.78 is 5.06. The highest BCUT2D eigenvalue weighted by molar-refractivity contribution is 5.79. The van der Waals surface area contributed by atoms with Crippen LogP contribution in [0.2, 0.25) is 0 Å². The minimum atomic E-state index is -0.241. The second-order valence-corrected chi connectivity index (χ2v) is 6.49. The third-order valence-electron chi connectivity index (χ3n) is 5.04. The van der Waals surface area contributed by atoms with Crippen molar-refractivity contribution in [3.8, 4) is 0 Å². The average Bonchev–Trinajstić information content (AvgIpc) is 2.95. The summed E-state index contributed by atoms with van der Waals surface area (Å²) in [6, 6.07) is 8.48.